The van der Waals surface area contributed by atoms with Crippen molar-refractivity contribution in [1.29, 1.82) is 0 Å². The van der Waals surface area contributed by atoms with Crippen molar-refractivity contribution in [1.82, 2.24) is 9.88 Å². The molecule has 1 aromatic heterocycles. The predicted octanol–water partition coefficient (Wildman–Crippen LogP) is 4.22. The molecule has 1 aliphatic rings. The molecule has 0 saturated carbocycles. The molecule has 6 nitrogen and oxygen atoms in total. The number of hydrogen-bond donors (Lipinski definition) is 1. The maximum atomic E-state index is 12.9. The summed E-state index contributed by atoms with van der Waals surface area (Å²) < 4.78 is 5.47. The molecule has 0 radical (unpaired) electrons. The van der Waals surface area contributed by atoms with E-state index in [4.69, 9.17) is 4.74 Å². The molecular formula is C24H28N2O4. The van der Waals surface area contributed by atoms with Gasteiger partial charge in [0.25, 0.3) is 11.7 Å². The van der Waals surface area contributed by atoms with Crippen LogP contribution < -0.4 is 4.74 Å². The molecule has 0 bridgehead atoms. The van der Waals surface area contributed by atoms with Crippen molar-refractivity contribution in [3.05, 3.63) is 65.0 Å². The average Bonchev–Trinajstić information content (AvgIpc) is 2.98. The highest BCUT2D eigenvalue weighted by Crippen LogP contribution is 2.40. The molecule has 0 spiro atoms. The molecule has 1 atom stereocenters. The standard InChI is InChI=1S/C24H28N2O4/c1-6-12-26-20(16-8-7-11-25-14-16)19(22(28)23(26)29)21(27)15-9-10-18(30-5)17(13-15)24(2,3)4/h7-11,13-14,20,27H,6,12H2,1-5H3/b21-19-. The number of Topliss-reactive ketones (excluding diaryl/α,β-unsaturated/α-hetero) is 1. The van der Waals surface area contributed by atoms with Crippen LogP contribution in [0.1, 0.15) is 56.8 Å². The van der Waals surface area contributed by atoms with E-state index in [1.807, 2.05) is 39.8 Å². The molecule has 0 aliphatic carbocycles. The van der Waals surface area contributed by atoms with Gasteiger partial charge in [-0.15, -0.1) is 0 Å². The maximum Gasteiger partial charge on any atom is 0.295 e. The third kappa shape index (κ3) is 3.82. The Hall–Kier alpha value is -3.15. The van der Waals surface area contributed by atoms with Crippen LogP contribution in [0.4, 0.5) is 0 Å². The van der Waals surface area contributed by atoms with Crippen LogP contribution in [0.15, 0.2) is 48.3 Å². The zero-order valence-corrected chi connectivity index (χ0v) is 18.1. The molecule has 30 heavy (non-hydrogen) atoms. The van der Waals surface area contributed by atoms with Gasteiger partial charge in [0.2, 0.25) is 0 Å². The number of carbonyl (C=O) groups excluding carboxylic acids is 2. The number of carbonyl (C=O) groups is 2. The number of aromatic nitrogens is 1. The molecule has 1 saturated heterocycles. The minimum absolute atomic E-state index is 0.0893. The molecule has 1 N–H and O–H groups in total. The number of rotatable bonds is 5. The average molecular weight is 408 g/mol. The number of ketones is 1. The second-order valence-electron chi connectivity index (χ2n) is 8.44. The van der Waals surface area contributed by atoms with Gasteiger partial charge in [0, 0.05) is 30.1 Å². The Morgan fingerprint density at radius 2 is 1.97 bits per heavy atom. The summed E-state index contributed by atoms with van der Waals surface area (Å²) in [5.41, 5.74) is 1.92. The number of likely N-dealkylation sites (tertiary alicyclic amines) is 1. The lowest BCUT2D eigenvalue weighted by atomic mass is 9.84. The van der Waals surface area contributed by atoms with Gasteiger partial charge < -0.3 is 14.7 Å². The van der Waals surface area contributed by atoms with E-state index in [9.17, 15) is 14.7 Å². The van der Waals surface area contributed by atoms with Crippen LogP contribution in [0.3, 0.4) is 0 Å². The van der Waals surface area contributed by atoms with Gasteiger partial charge in [0.15, 0.2) is 0 Å². The van der Waals surface area contributed by atoms with E-state index in [1.165, 1.54) is 4.90 Å². The summed E-state index contributed by atoms with van der Waals surface area (Å²) in [7, 11) is 1.60. The molecule has 1 unspecified atom stereocenters. The highest BCUT2D eigenvalue weighted by molar-refractivity contribution is 6.46. The SMILES string of the molecule is CCCN1C(=O)C(=O)/C(=C(\O)c2ccc(OC)c(C(C)(C)C)c2)C1c1cccnc1. The van der Waals surface area contributed by atoms with Crippen LogP contribution in [-0.2, 0) is 15.0 Å². The first kappa shape index (κ1) is 21.6. The van der Waals surface area contributed by atoms with Crippen molar-refractivity contribution < 1.29 is 19.4 Å². The molecule has 2 aromatic rings. The van der Waals surface area contributed by atoms with Crippen molar-refractivity contribution in [2.75, 3.05) is 13.7 Å². The van der Waals surface area contributed by atoms with Gasteiger partial charge in [-0.3, -0.25) is 14.6 Å². The third-order valence-electron chi connectivity index (χ3n) is 5.29. The number of benzene rings is 1. The smallest absolute Gasteiger partial charge is 0.295 e. The lowest BCUT2D eigenvalue weighted by molar-refractivity contribution is -0.139. The van der Waals surface area contributed by atoms with Gasteiger partial charge in [-0.05, 0) is 41.7 Å². The summed E-state index contributed by atoms with van der Waals surface area (Å²) in [6, 6.07) is 8.20. The highest BCUT2D eigenvalue weighted by atomic mass is 16.5. The molecule has 3 rings (SSSR count). The predicted molar refractivity (Wildman–Crippen MR) is 115 cm³/mol. The van der Waals surface area contributed by atoms with Crippen molar-refractivity contribution in [2.45, 2.75) is 45.6 Å². The molecular weight excluding hydrogens is 380 g/mol. The van der Waals surface area contributed by atoms with Crippen LogP contribution in [-0.4, -0.2) is 40.3 Å². The van der Waals surface area contributed by atoms with Crippen molar-refractivity contribution in [2.24, 2.45) is 0 Å². The zero-order valence-electron chi connectivity index (χ0n) is 18.1. The fourth-order valence-corrected chi connectivity index (χ4v) is 3.83. The number of amides is 1. The lowest BCUT2D eigenvalue weighted by Gasteiger charge is -2.25. The second-order valence-corrected chi connectivity index (χ2v) is 8.44. The Kier molecular flexibility index (Phi) is 5.97. The Balaban J connectivity index is 2.21. The van der Waals surface area contributed by atoms with E-state index in [0.717, 1.165) is 5.56 Å². The topological polar surface area (TPSA) is 79.7 Å². The number of ether oxygens (including phenoxy) is 1. The maximum absolute atomic E-state index is 12.9. The van der Waals surface area contributed by atoms with E-state index < -0.39 is 17.7 Å². The van der Waals surface area contributed by atoms with Gasteiger partial charge >= 0.3 is 0 Å². The van der Waals surface area contributed by atoms with Gasteiger partial charge in [-0.2, -0.15) is 0 Å². The first-order chi connectivity index (χ1) is 14.2. The Labute approximate surface area is 177 Å². The van der Waals surface area contributed by atoms with Crippen molar-refractivity contribution >= 4 is 17.4 Å². The van der Waals surface area contributed by atoms with Crippen LogP contribution in [0.25, 0.3) is 5.76 Å². The van der Waals surface area contributed by atoms with Crippen LogP contribution in [0.5, 0.6) is 5.75 Å². The summed E-state index contributed by atoms with van der Waals surface area (Å²) in [5, 5.41) is 11.2. The number of aliphatic hydroxyl groups is 1. The van der Waals surface area contributed by atoms with Crippen LogP contribution >= 0.6 is 0 Å². The first-order valence-electron chi connectivity index (χ1n) is 10.1. The largest absolute Gasteiger partial charge is 0.507 e. The Bertz CT molecular complexity index is 990. The van der Waals surface area contributed by atoms with Gasteiger partial charge in [0.05, 0.1) is 18.7 Å². The normalized spacial score (nSPS) is 18.7. The molecule has 1 aliphatic heterocycles. The number of pyridine rings is 1. The van der Waals surface area contributed by atoms with E-state index in [-0.39, 0.29) is 16.7 Å². The number of nitrogens with zero attached hydrogens (tertiary/aromatic N) is 2. The van der Waals surface area contributed by atoms with E-state index in [1.54, 1.807) is 37.7 Å². The molecule has 6 heteroatoms. The Morgan fingerprint density at radius 1 is 1.23 bits per heavy atom. The van der Waals surface area contributed by atoms with Gasteiger partial charge in [-0.25, -0.2) is 0 Å². The summed E-state index contributed by atoms with van der Waals surface area (Å²) in [5.74, 6) is -0.761. The van der Waals surface area contributed by atoms with Crippen molar-refractivity contribution in [3.63, 3.8) is 0 Å². The molecule has 1 fully saturated rings. The highest BCUT2D eigenvalue weighted by Gasteiger charge is 2.45. The number of aliphatic hydroxyl groups excluding tert-OH is 1. The quantitative estimate of drug-likeness (QED) is 0.455. The molecule has 2 heterocycles. The monoisotopic (exact) mass is 408 g/mol. The van der Waals surface area contributed by atoms with E-state index in [0.29, 0.717) is 29.8 Å². The second kappa shape index (κ2) is 8.30. The molecule has 1 aromatic carbocycles. The number of methoxy groups -OCH3 is 1. The van der Waals surface area contributed by atoms with E-state index in [2.05, 4.69) is 4.98 Å². The molecule has 1 amide bonds. The summed E-state index contributed by atoms with van der Waals surface area (Å²) in [6.45, 7) is 8.50. The minimum Gasteiger partial charge on any atom is -0.507 e. The van der Waals surface area contributed by atoms with Gasteiger partial charge in [0.1, 0.15) is 11.5 Å². The van der Waals surface area contributed by atoms with E-state index >= 15 is 0 Å². The lowest BCUT2D eigenvalue weighted by Crippen LogP contribution is -2.30. The first-order valence-corrected chi connectivity index (χ1v) is 10.1. The van der Waals surface area contributed by atoms with Crippen LogP contribution in [0, 0.1) is 0 Å². The summed E-state index contributed by atoms with van der Waals surface area (Å²) in [6.07, 6.45) is 3.95. The van der Waals surface area contributed by atoms with Gasteiger partial charge in [-0.1, -0.05) is 33.8 Å². The fourth-order valence-electron chi connectivity index (χ4n) is 3.83. The third-order valence-corrected chi connectivity index (χ3v) is 5.29. The Morgan fingerprint density at radius 3 is 2.53 bits per heavy atom. The molecule has 158 valence electrons. The minimum atomic E-state index is -0.678. The van der Waals surface area contributed by atoms with Crippen molar-refractivity contribution in [3.8, 4) is 5.75 Å². The summed E-state index contributed by atoms with van der Waals surface area (Å²) in [4.78, 5) is 31.3. The fraction of sp³-hybridized carbons (Fsp3) is 0.375. The zero-order chi connectivity index (χ0) is 22.1. The number of hydrogen-bond acceptors (Lipinski definition) is 5. The summed E-state index contributed by atoms with van der Waals surface area (Å²) >= 11 is 0. The van der Waals surface area contributed by atoms with Crippen LogP contribution in [0.2, 0.25) is 0 Å².